The second-order valence-electron chi connectivity index (χ2n) is 1.91. The number of hydrogen-bond acceptors (Lipinski definition) is 3. The Morgan fingerprint density at radius 1 is 1.70 bits per heavy atom. The largest absolute Gasteiger partial charge is 0.468 e. The van der Waals surface area contributed by atoms with Crippen LogP contribution in [0.25, 0.3) is 0 Å². The van der Waals surface area contributed by atoms with Crippen molar-refractivity contribution in [2.24, 2.45) is 0 Å². The molecule has 1 N–H and O–H groups in total. The summed E-state index contributed by atoms with van der Waals surface area (Å²) >= 11 is 0. The maximum Gasteiger partial charge on any atom is 0.186 e. The predicted octanol–water partition coefficient (Wildman–Crippen LogP) is 0.719. The van der Waals surface area contributed by atoms with Crippen LogP contribution >= 0.6 is 0 Å². The van der Waals surface area contributed by atoms with Gasteiger partial charge in [0.25, 0.3) is 0 Å². The number of aromatic nitrogens is 1. The molecule has 0 amide bonds. The van der Waals surface area contributed by atoms with Crippen molar-refractivity contribution in [1.82, 2.24) is 4.98 Å². The molecule has 3 nitrogen and oxygen atoms in total. The van der Waals surface area contributed by atoms with E-state index in [0.29, 0.717) is 5.75 Å². The number of aliphatic hydroxyl groups excluding tert-OH is 1. The van der Waals surface area contributed by atoms with Crippen molar-refractivity contribution in [3.8, 4) is 5.75 Å². The molecule has 54 valence electrons. The Hall–Kier alpha value is -1.09. The summed E-state index contributed by atoms with van der Waals surface area (Å²) < 4.78 is 4.80. The van der Waals surface area contributed by atoms with Gasteiger partial charge >= 0.3 is 0 Å². The summed E-state index contributed by atoms with van der Waals surface area (Å²) in [7, 11) is 0. The van der Waals surface area contributed by atoms with Crippen molar-refractivity contribution >= 4 is 0 Å². The third-order valence-electron chi connectivity index (χ3n) is 1.10. The van der Waals surface area contributed by atoms with Crippen molar-refractivity contribution in [2.75, 3.05) is 6.79 Å². The molecule has 0 unspecified atom stereocenters. The molecule has 0 aliphatic carbocycles. The molecule has 0 radical (unpaired) electrons. The van der Waals surface area contributed by atoms with Gasteiger partial charge in [0, 0.05) is 18.0 Å². The second-order valence-corrected chi connectivity index (χ2v) is 1.91. The molecular formula is C7H9NO2. The molecule has 3 heteroatoms. The molecular weight excluding hydrogens is 130 g/mol. The second kappa shape index (κ2) is 3.17. The van der Waals surface area contributed by atoms with Crippen LogP contribution in [0.1, 0.15) is 5.69 Å². The van der Waals surface area contributed by atoms with Gasteiger partial charge in [-0.25, -0.2) is 0 Å². The average molecular weight is 139 g/mol. The van der Waals surface area contributed by atoms with E-state index in [2.05, 4.69) is 4.98 Å². The number of nitrogens with zero attached hydrogens (tertiary/aromatic N) is 1. The molecule has 0 atom stereocenters. The third kappa shape index (κ3) is 1.70. The number of aryl methyl sites for hydroxylation is 1. The van der Waals surface area contributed by atoms with E-state index in [0.717, 1.165) is 5.69 Å². The van der Waals surface area contributed by atoms with Crippen molar-refractivity contribution < 1.29 is 9.84 Å². The fourth-order valence-electron chi connectivity index (χ4n) is 0.684. The molecule has 0 spiro atoms. The molecule has 0 saturated carbocycles. The maximum absolute atomic E-state index is 8.37. The fraction of sp³-hybridized carbons (Fsp3) is 0.286. The Balaban J connectivity index is 2.75. The highest BCUT2D eigenvalue weighted by molar-refractivity contribution is 5.21. The first kappa shape index (κ1) is 7.02. The lowest BCUT2D eigenvalue weighted by molar-refractivity contribution is 0.0984. The minimum Gasteiger partial charge on any atom is -0.468 e. The van der Waals surface area contributed by atoms with Crippen LogP contribution in [0.4, 0.5) is 0 Å². The molecule has 0 aliphatic rings. The number of rotatable bonds is 2. The van der Waals surface area contributed by atoms with Gasteiger partial charge in [0.2, 0.25) is 0 Å². The molecule has 1 heterocycles. The molecule has 0 saturated heterocycles. The van der Waals surface area contributed by atoms with Gasteiger partial charge in [-0.3, -0.25) is 4.98 Å². The zero-order valence-electron chi connectivity index (χ0n) is 5.74. The molecule has 0 aliphatic heterocycles. The molecule has 10 heavy (non-hydrogen) atoms. The van der Waals surface area contributed by atoms with Gasteiger partial charge in [-0.1, -0.05) is 0 Å². The molecule has 1 rings (SSSR count). The first-order chi connectivity index (χ1) is 4.83. The summed E-state index contributed by atoms with van der Waals surface area (Å²) in [4.78, 5) is 3.96. The van der Waals surface area contributed by atoms with Crippen LogP contribution in [0.3, 0.4) is 0 Å². The lowest BCUT2D eigenvalue weighted by Crippen LogP contribution is -1.94. The average Bonchev–Trinajstić information content (AvgIpc) is 1.88. The number of aliphatic hydroxyl groups is 1. The van der Waals surface area contributed by atoms with Gasteiger partial charge in [0.15, 0.2) is 6.79 Å². The lowest BCUT2D eigenvalue weighted by Gasteiger charge is -2.00. The first-order valence-corrected chi connectivity index (χ1v) is 2.99. The lowest BCUT2D eigenvalue weighted by atomic mass is 10.4. The fourth-order valence-corrected chi connectivity index (χ4v) is 0.684. The normalized spacial score (nSPS) is 9.40. The van der Waals surface area contributed by atoms with Crippen molar-refractivity contribution in [2.45, 2.75) is 6.92 Å². The Bertz CT molecular complexity index is 213. The predicted molar refractivity (Wildman–Crippen MR) is 36.7 cm³/mol. The van der Waals surface area contributed by atoms with Crippen molar-refractivity contribution in [3.63, 3.8) is 0 Å². The maximum atomic E-state index is 8.37. The van der Waals surface area contributed by atoms with Crippen LogP contribution in [-0.2, 0) is 0 Å². The first-order valence-electron chi connectivity index (χ1n) is 2.99. The van der Waals surface area contributed by atoms with Gasteiger partial charge in [0.1, 0.15) is 5.75 Å². The van der Waals surface area contributed by atoms with E-state index >= 15 is 0 Å². The van der Waals surface area contributed by atoms with Gasteiger partial charge in [-0.05, 0) is 13.0 Å². The van der Waals surface area contributed by atoms with Crippen LogP contribution < -0.4 is 4.74 Å². The minimum absolute atomic E-state index is 0.288. The highest BCUT2D eigenvalue weighted by atomic mass is 16.6. The van der Waals surface area contributed by atoms with Gasteiger partial charge in [-0.2, -0.15) is 0 Å². The van der Waals surface area contributed by atoms with Gasteiger partial charge in [-0.15, -0.1) is 0 Å². The van der Waals surface area contributed by atoms with Crippen LogP contribution in [0.5, 0.6) is 5.75 Å². The van der Waals surface area contributed by atoms with E-state index in [4.69, 9.17) is 9.84 Å². The summed E-state index contributed by atoms with van der Waals surface area (Å²) in [5.41, 5.74) is 0.881. The zero-order valence-corrected chi connectivity index (χ0v) is 5.74. The molecule has 1 aromatic heterocycles. The van der Waals surface area contributed by atoms with Gasteiger partial charge in [0.05, 0.1) is 0 Å². The highest BCUT2D eigenvalue weighted by Crippen LogP contribution is 2.08. The summed E-state index contributed by atoms with van der Waals surface area (Å²) in [6, 6.07) is 3.46. The highest BCUT2D eigenvalue weighted by Gasteiger charge is 1.90. The quantitative estimate of drug-likeness (QED) is 0.614. The van der Waals surface area contributed by atoms with Crippen LogP contribution in [0.15, 0.2) is 18.3 Å². The van der Waals surface area contributed by atoms with Crippen LogP contribution in [0.2, 0.25) is 0 Å². The Kier molecular flexibility index (Phi) is 2.23. The monoisotopic (exact) mass is 139 g/mol. The molecule has 0 fully saturated rings. The van der Waals surface area contributed by atoms with E-state index in [-0.39, 0.29) is 6.79 Å². The summed E-state index contributed by atoms with van der Waals surface area (Å²) in [6.07, 6.45) is 1.64. The van der Waals surface area contributed by atoms with E-state index < -0.39 is 0 Å². The number of ether oxygens (including phenoxy) is 1. The SMILES string of the molecule is Cc1cc(OCO)ccn1. The van der Waals surface area contributed by atoms with Crippen molar-refractivity contribution in [1.29, 1.82) is 0 Å². The molecule has 0 bridgehead atoms. The van der Waals surface area contributed by atoms with Crippen LogP contribution in [0, 0.1) is 6.92 Å². The molecule has 1 aromatic rings. The Labute approximate surface area is 59.3 Å². The Morgan fingerprint density at radius 3 is 3.10 bits per heavy atom. The zero-order chi connectivity index (χ0) is 7.40. The third-order valence-corrected chi connectivity index (χ3v) is 1.10. The van der Waals surface area contributed by atoms with E-state index in [9.17, 15) is 0 Å². The van der Waals surface area contributed by atoms with E-state index in [1.807, 2.05) is 6.92 Å². The summed E-state index contributed by atoms with van der Waals surface area (Å²) in [5, 5.41) is 8.37. The van der Waals surface area contributed by atoms with Gasteiger partial charge < -0.3 is 9.84 Å². The van der Waals surface area contributed by atoms with E-state index in [1.54, 1.807) is 18.3 Å². The molecule has 0 aromatic carbocycles. The smallest absolute Gasteiger partial charge is 0.186 e. The topological polar surface area (TPSA) is 42.4 Å². The standard InChI is InChI=1S/C7H9NO2/c1-6-4-7(10-5-9)2-3-8-6/h2-4,9H,5H2,1H3. The summed E-state index contributed by atoms with van der Waals surface area (Å²) in [6.45, 7) is 1.58. The Morgan fingerprint density at radius 2 is 2.50 bits per heavy atom. The van der Waals surface area contributed by atoms with E-state index in [1.165, 1.54) is 0 Å². The van der Waals surface area contributed by atoms with Crippen molar-refractivity contribution in [3.05, 3.63) is 24.0 Å². The number of pyridine rings is 1. The minimum atomic E-state index is -0.288. The summed E-state index contributed by atoms with van der Waals surface area (Å²) in [5.74, 6) is 0.648. The van der Waals surface area contributed by atoms with Crippen LogP contribution in [-0.4, -0.2) is 16.9 Å². The number of hydrogen-bond donors (Lipinski definition) is 1.